The van der Waals surface area contributed by atoms with Gasteiger partial charge in [0.05, 0.1) is 10.6 Å². The second kappa shape index (κ2) is 12.0. The van der Waals surface area contributed by atoms with Crippen molar-refractivity contribution in [3.63, 3.8) is 0 Å². The second-order valence-corrected chi connectivity index (χ2v) is 10.6. The van der Waals surface area contributed by atoms with Crippen LogP contribution in [0.15, 0.2) is 94.3 Å². The molecule has 0 saturated heterocycles. The average Bonchev–Trinajstić information content (AvgIpc) is 2.87. The molecule has 0 bridgehead atoms. The van der Waals surface area contributed by atoms with Crippen LogP contribution in [0.4, 0.5) is 5.69 Å². The number of nitrogens with zero attached hydrogens (tertiary/aromatic N) is 2. The van der Waals surface area contributed by atoms with Crippen LogP contribution in [0.3, 0.4) is 0 Å². The summed E-state index contributed by atoms with van der Waals surface area (Å²) in [7, 11) is -2.55. The third kappa shape index (κ3) is 6.49. The fraction of sp³-hybridized carbons (Fsp3) is 0.231. The van der Waals surface area contributed by atoms with E-state index in [1.807, 2.05) is 37.3 Å². The van der Waals surface area contributed by atoms with Gasteiger partial charge in [-0.3, -0.25) is 13.9 Å². The number of halogens is 1. The molecule has 0 unspecified atom stereocenters. The van der Waals surface area contributed by atoms with Crippen molar-refractivity contribution in [2.75, 3.05) is 17.9 Å². The molecule has 0 fully saturated rings. The Morgan fingerprint density at radius 2 is 1.57 bits per heavy atom. The Morgan fingerprint density at radius 1 is 0.943 bits per heavy atom. The molecule has 0 aliphatic rings. The maximum atomic E-state index is 13.7. The fourth-order valence-electron chi connectivity index (χ4n) is 3.75. The number of hydrogen-bond acceptors (Lipinski definition) is 4. The molecule has 9 heteroatoms. The lowest BCUT2D eigenvalue weighted by atomic mass is 10.1. The van der Waals surface area contributed by atoms with Crippen LogP contribution in [-0.2, 0) is 26.2 Å². The predicted molar refractivity (Wildman–Crippen MR) is 140 cm³/mol. The van der Waals surface area contributed by atoms with Crippen LogP contribution in [0.5, 0.6) is 0 Å². The van der Waals surface area contributed by atoms with Crippen LogP contribution < -0.4 is 9.62 Å². The van der Waals surface area contributed by atoms with Crippen LogP contribution in [0.1, 0.15) is 18.9 Å². The number of anilines is 1. The van der Waals surface area contributed by atoms with Gasteiger partial charge in [0, 0.05) is 18.1 Å². The lowest BCUT2D eigenvalue weighted by Crippen LogP contribution is -2.51. The lowest BCUT2D eigenvalue weighted by Gasteiger charge is -2.33. The summed E-state index contributed by atoms with van der Waals surface area (Å²) in [6, 6.07) is 23.3. The van der Waals surface area contributed by atoms with Crippen LogP contribution in [-0.4, -0.2) is 44.8 Å². The number of sulfonamides is 1. The molecule has 0 saturated carbocycles. The van der Waals surface area contributed by atoms with Crippen molar-refractivity contribution < 1.29 is 18.0 Å². The van der Waals surface area contributed by atoms with E-state index in [-0.39, 0.29) is 17.3 Å². The van der Waals surface area contributed by atoms with Crippen LogP contribution >= 0.6 is 15.9 Å². The molecule has 1 N–H and O–H groups in total. The highest BCUT2D eigenvalue weighted by Gasteiger charge is 2.33. The van der Waals surface area contributed by atoms with E-state index >= 15 is 0 Å². The van der Waals surface area contributed by atoms with Crippen molar-refractivity contribution in [3.8, 4) is 0 Å². The molecule has 0 aliphatic heterocycles. The molecule has 0 aromatic heterocycles. The molecule has 35 heavy (non-hydrogen) atoms. The summed E-state index contributed by atoms with van der Waals surface area (Å²) in [5.74, 6) is -0.791. The topological polar surface area (TPSA) is 86.8 Å². The van der Waals surface area contributed by atoms with E-state index in [2.05, 4.69) is 21.2 Å². The molecular formula is C26H28BrN3O4S. The van der Waals surface area contributed by atoms with E-state index in [0.29, 0.717) is 16.6 Å². The highest BCUT2D eigenvalue weighted by Crippen LogP contribution is 2.27. The summed E-state index contributed by atoms with van der Waals surface area (Å²) in [6.07, 6.45) is 0.376. The van der Waals surface area contributed by atoms with Gasteiger partial charge in [0.15, 0.2) is 0 Å². The maximum Gasteiger partial charge on any atom is 0.264 e. The normalized spacial score (nSPS) is 12.0. The van der Waals surface area contributed by atoms with Gasteiger partial charge in [-0.25, -0.2) is 8.42 Å². The van der Waals surface area contributed by atoms with E-state index in [4.69, 9.17) is 0 Å². The summed E-state index contributed by atoms with van der Waals surface area (Å²) >= 11 is 3.39. The van der Waals surface area contributed by atoms with Crippen LogP contribution in [0.25, 0.3) is 0 Å². The van der Waals surface area contributed by atoms with Gasteiger partial charge in [0.2, 0.25) is 11.8 Å². The first-order chi connectivity index (χ1) is 16.8. The average molecular weight is 558 g/mol. The monoisotopic (exact) mass is 557 g/mol. The molecule has 0 spiro atoms. The van der Waals surface area contributed by atoms with Crippen molar-refractivity contribution in [1.29, 1.82) is 0 Å². The molecule has 0 radical (unpaired) electrons. The minimum atomic E-state index is -4.07. The number of rotatable bonds is 10. The number of hydrogen-bond donors (Lipinski definition) is 1. The Hall–Kier alpha value is -3.17. The Morgan fingerprint density at radius 3 is 2.14 bits per heavy atom. The largest absolute Gasteiger partial charge is 0.357 e. The third-order valence-corrected chi connectivity index (χ3v) is 7.82. The van der Waals surface area contributed by atoms with Gasteiger partial charge in [0.25, 0.3) is 10.0 Å². The fourth-order valence-corrected chi connectivity index (χ4v) is 5.56. The summed E-state index contributed by atoms with van der Waals surface area (Å²) in [5, 5.41) is 2.61. The van der Waals surface area contributed by atoms with Crippen molar-refractivity contribution in [2.45, 2.75) is 30.8 Å². The van der Waals surface area contributed by atoms with E-state index in [9.17, 15) is 18.0 Å². The maximum absolute atomic E-state index is 13.7. The van der Waals surface area contributed by atoms with Gasteiger partial charge in [0.1, 0.15) is 12.6 Å². The first-order valence-electron chi connectivity index (χ1n) is 11.2. The van der Waals surface area contributed by atoms with Gasteiger partial charge in [-0.05, 0) is 42.3 Å². The number of likely N-dealkylation sites (N-methyl/N-ethyl adjacent to an activating group) is 1. The summed E-state index contributed by atoms with van der Waals surface area (Å²) in [6.45, 7) is 1.52. The van der Waals surface area contributed by atoms with Gasteiger partial charge in [-0.15, -0.1) is 0 Å². The van der Waals surface area contributed by atoms with Crippen LogP contribution in [0.2, 0.25) is 0 Å². The zero-order chi connectivity index (χ0) is 25.4. The minimum Gasteiger partial charge on any atom is -0.357 e. The second-order valence-electron chi connectivity index (χ2n) is 7.85. The molecule has 1 atom stereocenters. The van der Waals surface area contributed by atoms with Gasteiger partial charge >= 0.3 is 0 Å². The van der Waals surface area contributed by atoms with Crippen molar-refractivity contribution >= 4 is 43.5 Å². The highest BCUT2D eigenvalue weighted by molar-refractivity contribution is 9.10. The van der Waals surface area contributed by atoms with Crippen LogP contribution in [0, 0.1) is 0 Å². The number of carbonyl (C=O) groups is 2. The summed E-state index contributed by atoms with van der Waals surface area (Å²) in [4.78, 5) is 27.9. The summed E-state index contributed by atoms with van der Waals surface area (Å²) < 4.78 is 29.1. The number of amides is 2. The molecule has 3 aromatic rings. The van der Waals surface area contributed by atoms with E-state index in [0.717, 1.165) is 9.87 Å². The molecule has 7 nitrogen and oxygen atoms in total. The first kappa shape index (κ1) is 26.4. The van der Waals surface area contributed by atoms with Gasteiger partial charge in [-0.1, -0.05) is 77.5 Å². The molecule has 184 valence electrons. The van der Waals surface area contributed by atoms with Gasteiger partial charge in [-0.2, -0.15) is 0 Å². The standard InChI is InChI=1S/C26H28BrN3O4S/c1-3-24(26(32)28-2)29(18-20-11-6-4-7-12-20)25(31)19-30(22-14-10-13-21(27)17-22)35(33,34)23-15-8-5-9-16-23/h4-17,24H,3,18-19H2,1-2H3,(H,28,32)/t24-/m0/s1. The summed E-state index contributed by atoms with van der Waals surface area (Å²) in [5.41, 5.74) is 1.17. The van der Waals surface area contributed by atoms with E-state index < -0.39 is 28.5 Å². The number of benzene rings is 3. The Labute approximate surface area is 214 Å². The molecule has 0 aliphatic carbocycles. The Kier molecular flexibility index (Phi) is 9.06. The smallest absolute Gasteiger partial charge is 0.264 e. The number of nitrogens with one attached hydrogen (secondary N) is 1. The minimum absolute atomic E-state index is 0.0701. The zero-order valence-corrected chi connectivity index (χ0v) is 22.0. The highest BCUT2D eigenvalue weighted by atomic mass is 79.9. The van der Waals surface area contributed by atoms with Gasteiger partial charge < -0.3 is 10.2 Å². The molecule has 3 rings (SSSR count). The molecule has 0 heterocycles. The lowest BCUT2D eigenvalue weighted by molar-refractivity contribution is -0.140. The van der Waals surface area contributed by atoms with E-state index in [1.165, 1.54) is 24.1 Å². The molecular weight excluding hydrogens is 530 g/mol. The molecule has 2 amide bonds. The third-order valence-electron chi connectivity index (χ3n) is 5.53. The predicted octanol–water partition coefficient (Wildman–Crippen LogP) is 4.20. The van der Waals surface area contributed by atoms with E-state index in [1.54, 1.807) is 42.5 Å². The first-order valence-corrected chi connectivity index (χ1v) is 13.4. The SMILES string of the molecule is CC[C@@H](C(=O)NC)N(Cc1ccccc1)C(=O)CN(c1cccc(Br)c1)S(=O)(=O)c1ccccc1. The Balaban J connectivity index is 2.04. The molecule has 3 aromatic carbocycles. The zero-order valence-electron chi connectivity index (χ0n) is 19.6. The number of carbonyl (C=O) groups excluding carboxylic acids is 2. The van der Waals surface area contributed by atoms with Crippen molar-refractivity contribution in [3.05, 3.63) is 95.0 Å². The van der Waals surface area contributed by atoms with Crippen molar-refractivity contribution in [1.82, 2.24) is 10.2 Å². The quantitative estimate of drug-likeness (QED) is 0.404. The van der Waals surface area contributed by atoms with Crippen molar-refractivity contribution in [2.24, 2.45) is 0 Å². The Bertz CT molecular complexity index is 1250.